The average Bonchev–Trinajstić information content (AvgIpc) is 2.81. The first-order valence-corrected chi connectivity index (χ1v) is 8.47. The Morgan fingerprint density at radius 2 is 1.88 bits per heavy atom. The van der Waals surface area contributed by atoms with Crippen LogP contribution in [-0.4, -0.2) is 16.7 Å². The van der Waals surface area contributed by atoms with Crippen LogP contribution in [0.2, 0.25) is 10.0 Å². The fraction of sp³-hybridized carbons (Fsp3) is 0.0588. The summed E-state index contributed by atoms with van der Waals surface area (Å²) in [5.74, 6) is -0.278. The number of anilines is 1. The van der Waals surface area contributed by atoms with E-state index in [9.17, 15) is 9.90 Å². The van der Waals surface area contributed by atoms with E-state index in [1.54, 1.807) is 49.4 Å². The number of phenolic OH excluding ortho intramolecular Hbond substituents is 1. The van der Waals surface area contributed by atoms with Crippen LogP contribution in [0, 0.1) is 0 Å². The number of hydrogen-bond acceptors (Lipinski definition) is 3. The summed E-state index contributed by atoms with van der Waals surface area (Å²) in [7, 11) is 0. The van der Waals surface area contributed by atoms with E-state index in [-0.39, 0.29) is 16.7 Å². The Kier molecular flexibility index (Phi) is 4.67. The summed E-state index contributed by atoms with van der Waals surface area (Å²) in [6, 6.07) is 10.1. The standard InChI is InChI=1S/C17H11BrCl2N2O2/c1-9-13(6-10-7-14(18)16(23)15(20)8-10)17(24)22(21-9)12-4-2-11(19)3-5-12/h2-8,23H,1H3/b13-6-. The third kappa shape index (κ3) is 3.20. The van der Waals surface area contributed by atoms with Gasteiger partial charge in [0.15, 0.2) is 0 Å². The second-order valence-electron chi connectivity index (χ2n) is 5.17. The number of nitrogens with zero attached hydrogens (tertiary/aromatic N) is 2. The molecule has 1 aliphatic heterocycles. The van der Waals surface area contributed by atoms with Gasteiger partial charge in [0.2, 0.25) is 0 Å². The first kappa shape index (κ1) is 17.0. The van der Waals surface area contributed by atoms with Crippen LogP contribution in [0.25, 0.3) is 6.08 Å². The van der Waals surface area contributed by atoms with E-state index in [2.05, 4.69) is 21.0 Å². The number of benzene rings is 2. The minimum atomic E-state index is -0.241. The molecule has 1 aliphatic rings. The van der Waals surface area contributed by atoms with Gasteiger partial charge in [0.1, 0.15) is 5.75 Å². The molecule has 7 heteroatoms. The molecule has 1 amide bonds. The van der Waals surface area contributed by atoms with Crippen molar-refractivity contribution >= 4 is 62.5 Å². The van der Waals surface area contributed by atoms with Crippen molar-refractivity contribution in [1.29, 1.82) is 0 Å². The number of rotatable bonds is 2. The summed E-state index contributed by atoms with van der Waals surface area (Å²) >= 11 is 15.1. The molecule has 2 aromatic rings. The highest BCUT2D eigenvalue weighted by molar-refractivity contribution is 9.10. The predicted molar refractivity (Wildman–Crippen MR) is 101 cm³/mol. The van der Waals surface area contributed by atoms with Crippen LogP contribution in [0.3, 0.4) is 0 Å². The van der Waals surface area contributed by atoms with Gasteiger partial charge in [0.25, 0.3) is 5.91 Å². The van der Waals surface area contributed by atoms with Crippen molar-refractivity contribution in [3.05, 3.63) is 62.1 Å². The van der Waals surface area contributed by atoms with Crippen molar-refractivity contribution in [1.82, 2.24) is 0 Å². The summed E-state index contributed by atoms with van der Waals surface area (Å²) in [5, 5.41) is 16.1. The molecule has 0 bridgehead atoms. The quantitative estimate of drug-likeness (QED) is 0.666. The van der Waals surface area contributed by atoms with Crippen molar-refractivity contribution in [3.8, 4) is 5.75 Å². The smallest absolute Gasteiger partial charge is 0.280 e. The molecular weight excluding hydrogens is 415 g/mol. The normalized spacial score (nSPS) is 16.0. The Labute approximate surface area is 157 Å². The molecule has 0 aromatic heterocycles. The van der Waals surface area contributed by atoms with Crippen LogP contribution in [0.4, 0.5) is 5.69 Å². The van der Waals surface area contributed by atoms with Crippen LogP contribution >= 0.6 is 39.1 Å². The summed E-state index contributed by atoms with van der Waals surface area (Å²) in [4.78, 5) is 12.7. The summed E-state index contributed by atoms with van der Waals surface area (Å²) in [5.41, 5.74) is 2.37. The number of hydrogen-bond donors (Lipinski definition) is 1. The fourth-order valence-corrected chi connectivity index (χ4v) is 3.22. The molecule has 0 saturated carbocycles. The van der Waals surface area contributed by atoms with Crippen molar-refractivity contribution in [2.24, 2.45) is 5.10 Å². The number of amides is 1. The van der Waals surface area contributed by atoms with Gasteiger partial charge in [-0.15, -0.1) is 0 Å². The molecule has 0 fully saturated rings. The molecule has 1 heterocycles. The summed E-state index contributed by atoms with van der Waals surface area (Å²) < 4.78 is 0.455. The van der Waals surface area contributed by atoms with Crippen LogP contribution in [0.5, 0.6) is 5.75 Å². The van der Waals surface area contributed by atoms with Crippen LogP contribution < -0.4 is 5.01 Å². The van der Waals surface area contributed by atoms with Gasteiger partial charge in [-0.3, -0.25) is 4.79 Å². The molecule has 4 nitrogen and oxygen atoms in total. The molecule has 24 heavy (non-hydrogen) atoms. The van der Waals surface area contributed by atoms with Gasteiger partial charge in [0.05, 0.1) is 26.5 Å². The van der Waals surface area contributed by atoms with Crippen molar-refractivity contribution in [3.63, 3.8) is 0 Å². The highest BCUT2D eigenvalue weighted by Crippen LogP contribution is 2.34. The topological polar surface area (TPSA) is 52.9 Å². The zero-order chi connectivity index (χ0) is 17.4. The largest absolute Gasteiger partial charge is 0.505 e. The highest BCUT2D eigenvalue weighted by atomic mass is 79.9. The van der Waals surface area contributed by atoms with Gasteiger partial charge < -0.3 is 5.11 Å². The highest BCUT2D eigenvalue weighted by Gasteiger charge is 2.28. The molecule has 0 saturated heterocycles. The fourth-order valence-electron chi connectivity index (χ4n) is 2.28. The SMILES string of the molecule is CC1=NN(c2ccc(Cl)cc2)C(=O)/C1=C\c1cc(Cl)c(O)c(Br)c1. The lowest BCUT2D eigenvalue weighted by molar-refractivity contribution is -0.114. The summed E-state index contributed by atoms with van der Waals surface area (Å²) in [6.07, 6.45) is 1.69. The van der Waals surface area contributed by atoms with Gasteiger partial charge >= 0.3 is 0 Å². The lowest BCUT2D eigenvalue weighted by atomic mass is 10.1. The molecule has 2 aromatic carbocycles. The van der Waals surface area contributed by atoms with Crippen LogP contribution in [-0.2, 0) is 4.79 Å². The number of halogens is 3. The Hall–Kier alpha value is -1.82. The van der Waals surface area contributed by atoms with Gasteiger partial charge in [-0.25, -0.2) is 0 Å². The third-order valence-corrected chi connectivity index (χ3v) is 4.63. The van der Waals surface area contributed by atoms with Crippen molar-refractivity contribution in [2.75, 3.05) is 5.01 Å². The van der Waals surface area contributed by atoms with Gasteiger partial charge in [-0.2, -0.15) is 10.1 Å². The maximum Gasteiger partial charge on any atom is 0.280 e. The molecule has 0 spiro atoms. The van der Waals surface area contributed by atoms with Crippen molar-refractivity contribution in [2.45, 2.75) is 6.92 Å². The maximum absolute atomic E-state index is 12.7. The molecule has 1 N–H and O–H groups in total. The number of aromatic hydroxyl groups is 1. The molecule has 122 valence electrons. The molecular formula is C17H11BrCl2N2O2. The second kappa shape index (κ2) is 6.59. The van der Waals surface area contributed by atoms with E-state index in [1.807, 2.05) is 0 Å². The second-order valence-corrected chi connectivity index (χ2v) is 6.87. The van der Waals surface area contributed by atoms with E-state index in [0.717, 1.165) is 0 Å². The summed E-state index contributed by atoms with van der Waals surface area (Å²) in [6.45, 7) is 1.76. The monoisotopic (exact) mass is 424 g/mol. The average molecular weight is 426 g/mol. The number of hydrazone groups is 1. The van der Waals surface area contributed by atoms with Crippen LogP contribution in [0.1, 0.15) is 12.5 Å². The van der Waals surface area contributed by atoms with Gasteiger partial charge in [-0.05, 0) is 70.9 Å². The van der Waals surface area contributed by atoms with E-state index in [1.165, 1.54) is 5.01 Å². The molecule has 0 atom stereocenters. The lowest BCUT2D eigenvalue weighted by Gasteiger charge is -2.11. The minimum Gasteiger partial charge on any atom is -0.505 e. The minimum absolute atomic E-state index is 0.0373. The first-order chi connectivity index (χ1) is 11.4. The lowest BCUT2D eigenvalue weighted by Crippen LogP contribution is -2.21. The zero-order valence-electron chi connectivity index (χ0n) is 12.4. The Balaban J connectivity index is 1.97. The molecule has 0 aliphatic carbocycles. The molecule has 3 rings (SSSR count). The van der Waals surface area contributed by atoms with Crippen LogP contribution in [0.15, 0.2) is 51.5 Å². The third-order valence-electron chi connectivity index (χ3n) is 3.48. The van der Waals surface area contributed by atoms with E-state index >= 15 is 0 Å². The van der Waals surface area contributed by atoms with Gasteiger partial charge in [-0.1, -0.05) is 23.2 Å². The number of carbonyl (C=O) groups is 1. The predicted octanol–water partition coefficient (Wildman–Crippen LogP) is 5.27. The van der Waals surface area contributed by atoms with Crippen molar-refractivity contribution < 1.29 is 9.90 Å². The Bertz CT molecular complexity index is 869. The number of phenols is 1. The van der Waals surface area contributed by atoms with E-state index < -0.39 is 0 Å². The maximum atomic E-state index is 12.7. The molecule has 0 radical (unpaired) electrons. The first-order valence-electron chi connectivity index (χ1n) is 6.92. The van der Waals surface area contributed by atoms with E-state index in [4.69, 9.17) is 23.2 Å². The zero-order valence-corrected chi connectivity index (χ0v) is 15.5. The number of carbonyl (C=O) groups excluding carboxylic acids is 1. The Morgan fingerprint density at radius 1 is 1.21 bits per heavy atom. The van der Waals surface area contributed by atoms with E-state index in [0.29, 0.717) is 32.0 Å². The van der Waals surface area contributed by atoms with Gasteiger partial charge in [0, 0.05) is 5.02 Å². The Morgan fingerprint density at radius 3 is 2.50 bits per heavy atom. The molecule has 0 unspecified atom stereocenters.